The summed E-state index contributed by atoms with van der Waals surface area (Å²) in [6.45, 7) is 1.18. The zero-order valence-electron chi connectivity index (χ0n) is 13.6. The monoisotopic (exact) mass is 350 g/mol. The number of hydrogen-bond donors (Lipinski definition) is 1. The van der Waals surface area contributed by atoms with Gasteiger partial charge in [-0.25, -0.2) is 0 Å². The van der Waals surface area contributed by atoms with Crippen molar-refractivity contribution in [3.05, 3.63) is 64.7 Å². The molecule has 0 fully saturated rings. The van der Waals surface area contributed by atoms with Gasteiger partial charge in [0.05, 0.1) is 5.56 Å². The standard InChI is InChI=1S/C19H17F3O3/c1-18(24,12-4-2-5-13(10-12)19(20,21)22)11-25-17-7-3-6-14-15(17)8-9-16(14)23/h2-7,10,24H,8-9,11H2,1H3/t18-/m0/s1. The Hall–Kier alpha value is -2.34. The van der Waals surface area contributed by atoms with Crippen LogP contribution in [0.5, 0.6) is 5.75 Å². The van der Waals surface area contributed by atoms with Crippen LogP contribution in [0.4, 0.5) is 13.2 Å². The van der Waals surface area contributed by atoms with E-state index in [1.165, 1.54) is 19.1 Å². The normalized spacial score (nSPS) is 16.4. The number of aliphatic hydroxyl groups is 1. The van der Waals surface area contributed by atoms with Crippen LogP contribution in [0.1, 0.15) is 40.4 Å². The molecule has 0 saturated heterocycles. The summed E-state index contributed by atoms with van der Waals surface area (Å²) >= 11 is 0. The number of ether oxygens (including phenoxy) is 1. The summed E-state index contributed by atoms with van der Waals surface area (Å²) in [7, 11) is 0. The molecular weight excluding hydrogens is 333 g/mol. The molecule has 1 atom stereocenters. The first-order chi connectivity index (χ1) is 11.7. The lowest BCUT2D eigenvalue weighted by molar-refractivity contribution is -0.137. The minimum absolute atomic E-state index is 0.0464. The molecule has 25 heavy (non-hydrogen) atoms. The number of fused-ring (bicyclic) bond motifs is 1. The van der Waals surface area contributed by atoms with E-state index in [0.29, 0.717) is 24.2 Å². The zero-order valence-corrected chi connectivity index (χ0v) is 13.6. The number of rotatable bonds is 4. The first-order valence-corrected chi connectivity index (χ1v) is 7.86. The zero-order chi connectivity index (χ0) is 18.2. The first kappa shape index (κ1) is 17.5. The minimum Gasteiger partial charge on any atom is -0.490 e. The van der Waals surface area contributed by atoms with Gasteiger partial charge < -0.3 is 9.84 Å². The molecule has 0 amide bonds. The number of halogens is 3. The molecule has 6 heteroatoms. The molecule has 1 N–H and O–H groups in total. The van der Waals surface area contributed by atoms with Crippen LogP contribution in [0.2, 0.25) is 0 Å². The molecule has 1 aliphatic rings. The Morgan fingerprint density at radius 2 is 1.76 bits per heavy atom. The van der Waals surface area contributed by atoms with E-state index in [1.807, 2.05) is 0 Å². The predicted octanol–water partition coefficient (Wildman–Crippen LogP) is 4.12. The Labute approximate surface area is 143 Å². The molecule has 3 rings (SSSR count). The lowest BCUT2D eigenvalue weighted by Crippen LogP contribution is -2.30. The molecule has 0 heterocycles. The summed E-state index contributed by atoms with van der Waals surface area (Å²) in [4.78, 5) is 11.8. The fourth-order valence-electron chi connectivity index (χ4n) is 2.93. The van der Waals surface area contributed by atoms with E-state index in [-0.39, 0.29) is 18.0 Å². The Morgan fingerprint density at radius 3 is 2.48 bits per heavy atom. The van der Waals surface area contributed by atoms with E-state index < -0.39 is 17.3 Å². The van der Waals surface area contributed by atoms with Crippen LogP contribution in [0.25, 0.3) is 0 Å². The van der Waals surface area contributed by atoms with E-state index in [2.05, 4.69) is 0 Å². The van der Waals surface area contributed by atoms with Gasteiger partial charge in [0.15, 0.2) is 5.78 Å². The van der Waals surface area contributed by atoms with Crippen LogP contribution in [0.15, 0.2) is 42.5 Å². The second-order valence-electron chi connectivity index (χ2n) is 6.35. The van der Waals surface area contributed by atoms with Gasteiger partial charge in [-0.3, -0.25) is 4.79 Å². The third-order valence-corrected chi connectivity index (χ3v) is 4.36. The highest BCUT2D eigenvalue weighted by Crippen LogP contribution is 2.34. The molecule has 0 aliphatic heterocycles. The highest BCUT2D eigenvalue weighted by Gasteiger charge is 2.33. The van der Waals surface area contributed by atoms with Crippen molar-refractivity contribution in [1.82, 2.24) is 0 Å². The van der Waals surface area contributed by atoms with Crippen molar-refractivity contribution in [3.63, 3.8) is 0 Å². The lowest BCUT2D eigenvalue weighted by atomic mass is 9.95. The predicted molar refractivity (Wildman–Crippen MR) is 85.6 cm³/mol. The number of benzene rings is 2. The molecule has 3 nitrogen and oxygen atoms in total. The molecule has 0 radical (unpaired) electrons. The van der Waals surface area contributed by atoms with E-state index in [1.54, 1.807) is 18.2 Å². The molecule has 1 aliphatic carbocycles. The second kappa shape index (κ2) is 6.19. The van der Waals surface area contributed by atoms with Gasteiger partial charge in [0.25, 0.3) is 0 Å². The Bertz CT molecular complexity index is 810. The van der Waals surface area contributed by atoms with Gasteiger partial charge >= 0.3 is 6.18 Å². The van der Waals surface area contributed by atoms with Crippen molar-refractivity contribution in [3.8, 4) is 5.75 Å². The number of Topliss-reactive ketones (excluding diaryl/α,β-unsaturated/α-hetero) is 1. The Balaban J connectivity index is 1.81. The summed E-state index contributed by atoms with van der Waals surface area (Å²) in [6, 6.07) is 9.67. The Kier molecular flexibility index (Phi) is 4.33. The number of hydrogen-bond acceptors (Lipinski definition) is 3. The van der Waals surface area contributed by atoms with Gasteiger partial charge in [-0.15, -0.1) is 0 Å². The van der Waals surface area contributed by atoms with Crippen LogP contribution in [0, 0.1) is 0 Å². The number of carbonyl (C=O) groups excluding carboxylic acids is 1. The molecule has 0 saturated carbocycles. The van der Waals surface area contributed by atoms with Crippen LogP contribution < -0.4 is 4.74 Å². The van der Waals surface area contributed by atoms with E-state index >= 15 is 0 Å². The summed E-state index contributed by atoms with van der Waals surface area (Å²) in [5.41, 5.74) is -0.918. The molecule has 0 bridgehead atoms. The lowest BCUT2D eigenvalue weighted by Gasteiger charge is -2.25. The van der Waals surface area contributed by atoms with Gasteiger partial charge in [0.1, 0.15) is 18.0 Å². The van der Waals surface area contributed by atoms with Crippen LogP contribution in [-0.4, -0.2) is 17.5 Å². The van der Waals surface area contributed by atoms with E-state index in [4.69, 9.17) is 4.74 Å². The number of ketones is 1. The second-order valence-corrected chi connectivity index (χ2v) is 6.35. The molecule has 132 valence electrons. The van der Waals surface area contributed by atoms with E-state index in [9.17, 15) is 23.1 Å². The molecule has 2 aromatic carbocycles. The highest BCUT2D eigenvalue weighted by atomic mass is 19.4. The maximum atomic E-state index is 12.8. The van der Waals surface area contributed by atoms with Crippen LogP contribution in [-0.2, 0) is 18.2 Å². The fourth-order valence-corrected chi connectivity index (χ4v) is 2.93. The van der Waals surface area contributed by atoms with Gasteiger partial charge in [0, 0.05) is 17.5 Å². The fraction of sp³-hybridized carbons (Fsp3) is 0.316. The summed E-state index contributed by atoms with van der Waals surface area (Å²) in [6.07, 6.45) is -3.50. The summed E-state index contributed by atoms with van der Waals surface area (Å²) in [5, 5.41) is 10.6. The highest BCUT2D eigenvalue weighted by molar-refractivity contribution is 6.01. The van der Waals surface area contributed by atoms with E-state index in [0.717, 1.165) is 17.7 Å². The molecule has 0 unspecified atom stereocenters. The molecule has 2 aromatic rings. The minimum atomic E-state index is -4.48. The third-order valence-electron chi connectivity index (χ3n) is 4.36. The van der Waals surface area contributed by atoms with Gasteiger partial charge in [-0.2, -0.15) is 13.2 Å². The average molecular weight is 350 g/mol. The van der Waals surface area contributed by atoms with Crippen molar-refractivity contribution in [2.75, 3.05) is 6.61 Å². The largest absolute Gasteiger partial charge is 0.490 e. The van der Waals surface area contributed by atoms with Crippen molar-refractivity contribution >= 4 is 5.78 Å². The molecule has 0 spiro atoms. The average Bonchev–Trinajstić information content (AvgIpc) is 2.94. The first-order valence-electron chi connectivity index (χ1n) is 7.86. The quantitative estimate of drug-likeness (QED) is 0.902. The summed E-state index contributed by atoms with van der Waals surface area (Å²) < 4.78 is 44.2. The molecular formula is C19H17F3O3. The van der Waals surface area contributed by atoms with Gasteiger partial charge in [0.2, 0.25) is 0 Å². The SMILES string of the molecule is C[C@](O)(COc1cccc2c1CCC2=O)c1cccc(C(F)(F)F)c1. The van der Waals surface area contributed by atoms with Gasteiger partial charge in [-0.05, 0) is 37.1 Å². The van der Waals surface area contributed by atoms with Crippen LogP contribution >= 0.6 is 0 Å². The summed E-state index contributed by atoms with van der Waals surface area (Å²) in [5.74, 6) is 0.528. The van der Waals surface area contributed by atoms with Gasteiger partial charge in [-0.1, -0.05) is 24.3 Å². The van der Waals surface area contributed by atoms with Crippen molar-refractivity contribution in [1.29, 1.82) is 0 Å². The topological polar surface area (TPSA) is 46.5 Å². The van der Waals surface area contributed by atoms with Crippen LogP contribution in [0.3, 0.4) is 0 Å². The van der Waals surface area contributed by atoms with Crippen molar-refractivity contribution < 1.29 is 27.8 Å². The maximum absolute atomic E-state index is 12.8. The number of alkyl halides is 3. The smallest absolute Gasteiger partial charge is 0.416 e. The van der Waals surface area contributed by atoms with Crippen molar-refractivity contribution in [2.45, 2.75) is 31.5 Å². The number of carbonyl (C=O) groups is 1. The Morgan fingerprint density at radius 1 is 1.08 bits per heavy atom. The molecule has 0 aromatic heterocycles. The van der Waals surface area contributed by atoms with Crippen molar-refractivity contribution in [2.24, 2.45) is 0 Å². The maximum Gasteiger partial charge on any atom is 0.416 e. The third kappa shape index (κ3) is 3.54.